The molecule has 2 heterocycles. The zero-order chi connectivity index (χ0) is 11.8. The molecule has 1 aliphatic carbocycles. The van der Waals surface area contributed by atoms with Gasteiger partial charge in [-0.15, -0.1) is 0 Å². The van der Waals surface area contributed by atoms with Gasteiger partial charge in [-0.3, -0.25) is 4.90 Å². The third kappa shape index (κ3) is 2.00. The molecule has 1 saturated heterocycles. The summed E-state index contributed by atoms with van der Waals surface area (Å²) >= 11 is 0. The molecule has 0 aromatic carbocycles. The lowest BCUT2D eigenvalue weighted by Gasteiger charge is -2.39. The smallest absolute Gasteiger partial charge is 0.0951 e. The molecule has 4 heteroatoms. The first-order valence-corrected chi connectivity index (χ1v) is 6.73. The van der Waals surface area contributed by atoms with Gasteiger partial charge in [-0.25, -0.2) is 4.98 Å². The average Bonchev–Trinajstić information content (AvgIpc) is 3.08. The molecule has 1 aliphatic heterocycles. The lowest BCUT2D eigenvalue weighted by atomic mass is 9.87. The highest BCUT2D eigenvalue weighted by Crippen LogP contribution is 2.41. The minimum atomic E-state index is 0.469. The Bertz CT molecular complexity index is 383. The fourth-order valence-electron chi connectivity index (χ4n) is 3.18. The van der Waals surface area contributed by atoms with E-state index in [0.29, 0.717) is 18.0 Å². The standard InChI is InChI=1S/C13H22N4/c1-16-6-2-3-10(7-14)13(16)12-8-15-9-17(12)11-4-5-11/h8-11,13H,2-7,14H2,1H3. The SMILES string of the molecule is CN1CCCC(CN)C1c1cncn1C1CC1. The van der Waals surface area contributed by atoms with E-state index in [-0.39, 0.29) is 0 Å². The molecule has 17 heavy (non-hydrogen) atoms. The van der Waals surface area contributed by atoms with Crippen molar-refractivity contribution in [3.8, 4) is 0 Å². The van der Waals surface area contributed by atoms with Crippen LogP contribution < -0.4 is 5.73 Å². The summed E-state index contributed by atoms with van der Waals surface area (Å²) in [5.41, 5.74) is 7.33. The molecule has 3 rings (SSSR count). The first-order chi connectivity index (χ1) is 8.31. The maximum Gasteiger partial charge on any atom is 0.0951 e. The maximum atomic E-state index is 5.95. The summed E-state index contributed by atoms with van der Waals surface area (Å²) in [4.78, 5) is 6.81. The van der Waals surface area contributed by atoms with Crippen LogP contribution in [0.25, 0.3) is 0 Å². The number of hydrogen-bond donors (Lipinski definition) is 1. The number of hydrogen-bond acceptors (Lipinski definition) is 3. The van der Waals surface area contributed by atoms with Gasteiger partial charge in [0, 0.05) is 12.2 Å². The molecule has 0 radical (unpaired) electrons. The number of nitrogens with zero attached hydrogens (tertiary/aromatic N) is 3. The molecule has 2 fully saturated rings. The minimum Gasteiger partial charge on any atom is -0.330 e. The Balaban J connectivity index is 1.90. The second-order valence-corrected chi connectivity index (χ2v) is 5.52. The average molecular weight is 234 g/mol. The molecule has 4 nitrogen and oxygen atoms in total. The molecule has 2 N–H and O–H groups in total. The molecule has 0 bridgehead atoms. The van der Waals surface area contributed by atoms with Crippen LogP contribution in [0.15, 0.2) is 12.5 Å². The van der Waals surface area contributed by atoms with Crippen LogP contribution in [0.2, 0.25) is 0 Å². The molecular formula is C13H22N4. The van der Waals surface area contributed by atoms with Crippen molar-refractivity contribution in [1.82, 2.24) is 14.5 Å². The van der Waals surface area contributed by atoms with Gasteiger partial charge in [0.15, 0.2) is 0 Å². The molecule has 2 unspecified atom stereocenters. The van der Waals surface area contributed by atoms with Crippen molar-refractivity contribution < 1.29 is 0 Å². The van der Waals surface area contributed by atoms with Gasteiger partial charge in [-0.1, -0.05) is 0 Å². The van der Waals surface area contributed by atoms with Gasteiger partial charge in [0.1, 0.15) is 0 Å². The van der Waals surface area contributed by atoms with Crippen LogP contribution in [-0.2, 0) is 0 Å². The van der Waals surface area contributed by atoms with Crippen LogP contribution >= 0.6 is 0 Å². The third-order valence-corrected chi connectivity index (χ3v) is 4.25. The number of imidazole rings is 1. The van der Waals surface area contributed by atoms with E-state index < -0.39 is 0 Å². The van der Waals surface area contributed by atoms with Gasteiger partial charge in [0.25, 0.3) is 0 Å². The van der Waals surface area contributed by atoms with E-state index in [0.717, 1.165) is 6.54 Å². The molecular weight excluding hydrogens is 212 g/mol. The largest absolute Gasteiger partial charge is 0.330 e. The second-order valence-electron chi connectivity index (χ2n) is 5.52. The van der Waals surface area contributed by atoms with Gasteiger partial charge in [-0.2, -0.15) is 0 Å². The van der Waals surface area contributed by atoms with E-state index in [1.54, 1.807) is 0 Å². The summed E-state index contributed by atoms with van der Waals surface area (Å²) in [7, 11) is 2.22. The van der Waals surface area contributed by atoms with Gasteiger partial charge in [0.05, 0.1) is 18.1 Å². The first kappa shape index (κ1) is 11.2. The second kappa shape index (κ2) is 4.42. The van der Waals surface area contributed by atoms with Crippen molar-refractivity contribution in [3.63, 3.8) is 0 Å². The van der Waals surface area contributed by atoms with Crippen molar-refractivity contribution in [3.05, 3.63) is 18.2 Å². The number of aromatic nitrogens is 2. The topological polar surface area (TPSA) is 47.1 Å². The van der Waals surface area contributed by atoms with Crippen LogP contribution in [0, 0.1) is 5.92 Å². The number of piperidine rings is 1. The first-order valence-electron chi connectivity index (χ1n) is 6.73. The van der Waals surface area contributed by atoms with Crippen LogP contribution in [0.1, 0.15) is 43.5 Å². The highest BCUT2D eigenvalue weighted by molar-refractivity contribution is 5.12. The molecule has 94 valence electrons. The van der Waals surface area contributed by atoms with Gasteiger partial charge in [0.2, 0.25) is 0 Å². The fourth-order valence-corrected chi connectivity index (χ4v) is 3.18. The Kier molecular flexibility index (Phi) is 2.92. The Morgan fingerprint density at radius 3 is 2.94 bits per heavy atom. The molecule has 2 atom stereocenters. The van der Waals surface area contributed by atoms with Crippen LogP contribution in [-0.4, -0.2) is 34.6 Å². The van der Waals surface area contributed by atoms with E-state index in [4.69, 9.17) is 5.73 Å². The molecule has 1 aromatic heterocycles. The minimum absolute atomic E-state index is 0.469. The fraction of sp³-hybridized carbons (Fsp3) is 0.769. The molecule has 0 spiro atoms. The van der Waals surface area contributed by atoms with E-state index in [1.165, 1.54) is 37.9 Å². The van der Waals surface area contributed by atoms with Crippen molar-refractivity contribution in [1.29, 1.82) is 0 Å². The van der Waals surface area contributed by atoms with Crippen molar-refractivity contribution in [2.45, 2.75) is 37.8 Å². The Morgan fingerprint density at radius 2 is 2.24 bits per heavy atom. The highest BCUT2D eigenvalue weighted by Gasteiger charge is 2.34. The monoisotopic (exact) mass is 234 g/mol. The van der Waals surface area contributed by atoms with Gasteiger partial charge < -0.3 is 10.3 Å². The molecule has 1 aromatic rings. The number of nitrogens with two attached hydrogens (primary N) is 1. The van der Waals surface area contributed by atoms with Crippen molar-refractivity contribution in [2.75, 3.05) is 20.1 Å². The van der Waals surface area contributed by atoms with Gasteiger partial charge >= 0.3 is 0 Å². The lowest BCUT2D eigenvalue weighted by Crippen LogP contribution is -2.40. The summed E-state index contributed by atoms with van der Waals surface area (Å²) < 4.78 is 2.38. The van der Waals surface area contributed by atoms with E-state index in [9.17, 15) is 0 Å². The van der Waals surface area contributed by atoms with E-state index in [2.05, 4.69) is 21.5 Å². The summed E-state index contributed by atoms with van der Waals surface area (Å²) in [5, 5.41) is 0. The Morgan fingerprint density at radius 1 is 1.41 bits per heavy atom. The maximum absolute atomic E-state index is 5.95. The number of likely N-dealkylation sites (tertiary alicyclic amines) is 1. The lowest BCUT2D eigenvalue weighted by molar-refractivity contribution is 0.118. The summed E-state index contributed by atoms with van der Waals surface area (Å²) in [6, 6.07) is 1.18. The van der Waals surface area contributed by atoms with Crippen LogP contribution in [0.5, 0.6) is 0 Å². The van der Waals surface area contributed by atoms with Crippen molar-refractivity contribution >= 4 is 0 Å². The summed E-state index contributed by atoms with van der Waals surface area (Å²) in [6.45, 7) is 1.96. The third-order valence-electron chi connectivity index (χ3n) is 4.25. The summed E-state index contributed by atoms with van der Waals surface area (Å²) in [6.07, 6.45) is 9.20. The zero-order valence-corrected chi connectivity index (χ0v) is 10.5. The normalized spacial score (nSPS) is 30.7. The zero-order valence-electron chi connectivity index (χ0n) is 10.5. The van der Waals surface area contributed by atoms with Crippen LogP contribution in [0.3, 0.4) is 0 Å². The predicted octanol–water partition coefficient (Wildman–Crippen LogP) is 1.56. The molecule has 1 saturated carbocycles. The van der Waals surface area contributed by atoms with E-state index >= 15 is 0 Å². The highest BCUT2D eigenvalue weighted by atomic mass is 15.2. The predicted molar refractivity (Wildman–Crippen MR) is 67.6 cm³/mol. The van der Waals surface area contributed by atoms with E-state index in [1.807, 2.05) is 12.5 Å². The Hall–Kier alpha value is -0.870. The van der Waals surface area contributed by atoms with Gasteiger partial charge in [-0.05, 0) is 51.7 Å². The van der Waals surface area contributed by atoms with Crippen LogP contribution in [0.4, 0.5) is 0 Å². The quantitative estimate of drug-likeness (QED) is 0.863. The van der Waals surface area contributed by atoms with Crippen molar-refractivity contribution in [2.24, 2.45) is 11.7 Å². The molecule has 2 aliphatic rings. The molecule has 0 amide bonds. The Labute approximate surface area is 103 Å². The number of rotatable bonds is 3. The summed E-state index contributed by atoms with van der Waals surface area (Å²) in [5.74, 6) is 0.586.